The van der Waals surface area contributed by atoms with Crippen LogP contribution in [0, 0.1) is 0 Å². The molecule has 1 aliphatic heterocycles. The van der Waals surface area contributed by atoms with Gasteiger partial charge < -0.3 is 10.1 Å². The van der Waals surface area contributed by atoms with Crippen LogP contribution in [0.5, 0.6) is 5.75 Å². The van der Waals surface area contributed by atoms with E-state index in [9.17, 15) is 8.42 Å². The summed E-state index contributed by atoms with van der Waals surface area (Å²) in [6, 6.07) is 13.5. The molecule has 140 valence electrons. The summed E-state index contributed by atoms with van der Waals surface area (Å²) in [6.07, 6.45) is 1.96. The normalized spacial score (nSPS) is 13.5. The van der Waals surface area contributed by atoms with Crippen LogP contribution in [0.4, 0.5) is 16.5 Å². The smallest absolute Gasteiger partial charge is 0.232 e. The van der Waals surface area contributed by atoms with Gasteiger partial charge in [0, 0.05) is 23.2 Å². The van der Waals surface area contributed by atoms with E-state index in [2.05, 4.69) is 10.3 Å². The average Bonchev–Trinajstić information content (AvgIpc) is 3.28. The Morgan fingerprint density at radius 2 is 1.96 bits per heavy atom. The minimum absolute atomic E-state index is 0.499. The summed E-state index contributed by atoms with van der Waals surface area (Å²) in [5, 5.41) is 6.09. The highest BCUT2D eigenvalue weighted by atomic mass is 32.2. The van der Waals surface area contributed by atoms with Crippen LogP contribution in [0.3, 0.4) is 0 Å². The molecule has 0 saturated carbocycles. The molecule has 27 heavy (non-hydrogen) atoms. The first kappa shape index (κ1) is 17.8. The lowest BCUT2D eigenvalue weighted by atomic mass is 10.1. The number of hydrogen-bond donors (Lipinski definition) is 1. The number of methoxy groups -OCH3 is 1. The molecule has 0 bridgehead atoms. The standard InChI is InChI=1S/C19H19N3O3S2/c1-25-16-6-4-15(5-7-16)20-19-21-17(12-26-19)13-3-8-18-14(11-13)9-10-22(18)27(2,23)24/h3-8,11-12H,9-10H2,1-2H3,(H,20,21). The van der Waals surface area contributed by atoms with E-state index in [0.29, 0.717) is 6.54 Å². The second-order valence-corrected chi connectivity index (χ2v) is 9.08. The second kappa shape index (κ2) is 6.86. The summed E-state index contributed by atoms with van der Waals surface area (Å²) >= 11 is 1.53. The Balaban J connectivity index is 1.55. The molecule has 0 aliphatic carbocycles. The SMILES string of the molecule is COc1ccc(Nc2nc(-c3ccc4c(c3)CCN4S(C)(=O)=O)cs2)cc1. The molecule has 0 spiro atoms. The number of ether oxygens (including phenoxy) is 1. The monoisotopic (exact) mass is 401 g/mol. The van der Waals surface area contributed by atoms with Crippen molar-refractivity contribution in [3.8, 4) is 17.0 Å². The molecule has 2 heterocycles. The van der Waals surface area contributed by atoms with Gasteiger partial charge in [-0.2, -0.15) is 0 Å². The average molecular weight is 402 g/mol. The third-order valence-corrected chi connectivity index (χ3v) is 6.41. The minimum atomic E-state index is -3.23. The van der Waals surface area contributed by atoms with Gasteiger partial charge >= 0.3 is 0 Å². The molecule has 6 nitrogen and oxygen atoms in total. The first-order chi connectivity index (χ1) is 12.9. The maximum Gasteiger partial charge on any atom is 0.232 e. The third kappa shape index (κ3) is 3.63. The van der Waals surface area contributed by atoms with Crippen LogP contribution in [0.1, 0.15) is 5.56 Å². The van der Waals surface area contributed by atoms with Crippen LogP contribution in [0.25, 0.3) is 11.3 Å². The number of sulfonamides is 1. The molecule has 0 unspecified atom stereocenters. The Bertz CT molecular complexity index is 1080. The zero-order valence-corrected chi connectivity index (χ0v) is 16.6. The second-order valence-electron chi connectivity index (χ2n) is 6.32. The largest absolute Gasteiger partial charge is 0.497 e. The van der Waals surface area contributed by atoms with Gasteiger partial charge in [0.05, 0.1) is 24.7 Å². The van der Waals surface area contributed by atoms with Gasteiger partial charge in [-0.15, -0.1) is 11.3 Å². The predicted octanol–water partition coefficient (Wildman–Crippen LogP) is 3.88. The van der Waals surface area contributed by atoms with E-state index in [-0.39, 0.29) is 0 Å². The van der Waals surface area contributed by atoms with Crippen LogP contribution in [0.2, 0.25) is 0 Å². The van der Waals surface area contributed by atoms with E-state index >= 15 is 0 Å². The van der Waals surface area contributed by atoms with E-state index in [1.54, 1.807) is 7.11 Å². The molecule has 0 atom stereocenters. The summed E-state index contributed by atoms with van der Waals surface area (Å²) in [4.78, 5) is 4.66. The number of rotatable bonds is 5. The Labute approximate surface area is 162 Å². The molecule has 0 amide bonds. The van der Waals surface area contributed by atoms with Crippen molar-refractivity contribution in [3.05, 3.63) is 53.4 Å². The van der Waals surface area contributed by atoms with Crippen LogP contribution < -0.4 is 14.4 Å². The molecule has 2 aromatic carbocycles. The molecule has 8 heteroatoms. The van der Waals surface area contributed by atoms with Gasteiger partial charge in [0.2, 0.25) is 10.0 Å². The van der Waals surface area contributed by atoms with Crippen molar-refractivity contribution in [2.75, 3.05) is 29.5 Å². The molecule has 0 fully saturated rings. The predicted molar refractivity (Wildman–Crippen MR) is 110 cm³/mol. The van der Waals surface area contributed by atoms with E-state index in [4.69, 9.17) is 4.74 Å². The van der Waals surface area contributed by atoms with Crippen LogP contribution in [0.15, 0.2) is 47.8 Å². The van der Waals surface area contributed by atoms with Gasteiger partial charge in [0.1, 0.15) is 5.75 Å². The summed E-state index contributed by atoms with van der Waals surface area (Å²) in [7, 11) is -1.59. The zero-order chi connectivity index (χ0) is 19.0. The van der Waals surface area contributed by atoms with Crippen molar-refractivity contribution in [1.29, 1.82) is 0 Å². The molecule has 4 rings (SSSR count). The van der Waals surface area contributed by atoms with E-state index in [0.717, 1.165) is 45.5 Å². The fraction of sp³-hybridized carbons (Fsp3) is 0.211. The van der Waals surface area contributed by atoms with Crippen molar-refractivity contribution in [3.63, 3.8) is 0 Å². The summed E-state index contributed by atoms with van der Waals surface area (Å²) in [5.41, 5.74) is 4.61. The van der Waals surface area contributed by atoms with Crippen molar-refractivity contribution in [2.45, 2.75) is 6.42 Å². The van der Waals surface area contributed by atoms with Crippen molar-refractivity contribution >= 4 is 37.9 Å². The number of fused-ring (bicyclic) bond motifs is 1. The number of nitrogens with zero attached hydrogens (tertiary/aromatic N) is 2. The number of benzene rings is 2. The molecule has 1 aromatic heterocycles. The molecular formula is C19H19N3O3S2. The third-order valence-electron chi connectivity index (χ3n) is 4.47. The topological polar surface area (TPSA) is 71.5 Å². The zero-order valence-electron chi connectivity index (χ0n) is 15.0. The highest BCUT2D eigenvalue weighted by Crippen LogP contribution is 2.35. The van der Waals surface area contributed by atoms with E-state index < -0.39 is 10.0 Å². The van der Waals surface area contributed by atoms with Crippen molar-refractivity contribution < 1.29 is 13.2 Å². The molecule has 1 N–H and O–H groups in total. The van der Waals surface area contributed by atoms with Crippen LogP contribution >= 0.6 is 11.3 Å². The maximum atomic E-state index is 11.9. The van der Waals surface area contributed by atoms with E-state index in [1.165, 1.54) is 21.9 Å². The Morgan fingerprint density at radius 3 is 2.67 bits per heavy atom. The lowest BCUT2D eigenvalue weighted by Gasteiger charge is -2.16. The highest BCUT2D eigenvalue weighted by Gasteiger charge is 2.26. The lowest BCUT2D eigenvalue weighted by Crippen LogP contribution is -2.27. The van der Waals surface area contributed by atoms with Crippen LogP contribution in [-0.2, 0) is 16.4 Å². The maximum absolute atomic E-state index is 11.9. The number of aromatic nitrogens is 1. The number of anilines is 3. The van der Waals surface area contributed by atoms with Gasteiger partial charge in [-0.05, 0) is 48.4 Å². The number of nitrogens with one attached hydrogen (secondary N) is 1. The molecule has 0 radical (unpaired) electrons. The van der Waals surface area contributed by atoms with Crippen molar-refractivity contribution in [1.82, 2.24) is 4.98 Å². The quantitative estimate of drug-likeness (QED) is 0.702. The van der Waals surface area contributed by atoms with Crippen molar-refractivity contribution in [2.24, 2.45) is 0 Å². The Morgan fingerprint density at radius 1 is 1.19 bits per heavy atom. The summed E-state index contributed by atoms with van der Waals surface area (Å²) in [5.74, 6) is 0.807. The van der Waals surface area contributed by atoms with Gasteiger partial charge in [-0.1, -0.05) is 6.07 Å². The first-order valence-electron chi connectivity index (χ1n) is 8.42. The first-order valence-corrected chi connectivity index (χ1v) is 11.1. The summed E-state index contributed by atoms with van der Waals surface area (Å²) < 4.78 is 30.4. The van der Waals surface area contributed by atoms with Gasteiger partial charge in [-0.3, -0.25) is 4.31 Å². The Kier molecular flexibility index (Phi) is 4.53. The van der Waals surface area contributed by atoms with Gasteiger partial charge in [-0.25, -0.2) is 13.4 Å². The highest BCUT2D eigenvalue weighted by molar-refractivity contribution is 7.92. The van der Waals surface area contributed by atoms with Gasteiger partial charge in [0.25, 0.3) is 0 Å². The van der Waals surface area contributed by atoms with E-state index in [1.807, 2.05) is 47.8 Å². The fourth-order valence-corrected chi connectivity index (χ4v) is 4.84. The summed E-state index contributed by atoms with van der Waals surface area (Å²) in [6.45, 7) is 0.499. The molecular weight excluding hydrogens is 382 g/mol. The molecule has 1 aliphatic rings. The number of thiazole rings is 1. The molecule has 3 aromatic rings. The minimum Gasteiger partial charge on any atom is -0.497 e. The lowest BCUT2D eigenvalue weighted by molar-refractivity contribution is 0.415. The fourth-order valence-electron chi connectivity index (χ4n) is 3.14. The Hall–Kier alpha value is -2.58. The van der Waals surface area contributed by atoms with Crippen LogP contribution in [-0.4, -0.2) is 33.3 Å². The van der Waals surface area contributed by atoms with Gasteiger partial charge in [0.15, 0.2) is 5.13 Å². The number of hydrogen-bond acceptors (Lipinski definition) is 6. The molecule has 0 saturated heterocycles.